The van der Waals surface area contributed by atoms with Crippen LogP contribution in [0.4, 0.5) is 11.4 Å². The lowest BCUT2D eigenvalue weighted by Crippen LogP contribution is -2.14. The molecule has 11 heteroatoms. The first-order valence-corrected chi connectivity index (χ1v) is 10.9. The van der Waals surface area contributed by atoms with Crippen LogP contribution in [0.2, 0.25) is 5.02 Å². The summed E-state index contributed by atoms with van der Waals surface area (Å²) in [4.78, 5) is 22.7. The molecule has 1 amide bonds. The number of rotatable bonds is 6. The molecule has 0 unspecified atom stereocenters. The normalized spacial score (nSPS) is 11.0. The molecule has 0 aliphatic heterocycles. The van der Waals surface area contributed by atoms with Crippen molar-refractivity contribution in [2.75, 3.05) is 11.1 Å². The summed E-state index contributed by atoms with van der Waals surface area (Å²) in [6.07, 6.45) is 0. The fourth-order valence-electron chi connectivity index (χ4n) is 2.88. The second-order valence-corrected chi connectivity index (χ2v) is 8.53. The van der Waals surface area contributed by atoms with E-state index in [0.29, 0.717) is 10.8 Å². The molecule has 0 aliphatic carbocycles. The van der Waals surface area contributed by atoms with Crippen LogP contribution in [0.15, 0.2) is 53.0 Å². The SMILES string of the molecule is Cn1c(SCC(=O)Nc2ccc(Cl)c([N+](=O)[O-])c2)nnc1-c1csc2ccccc12. The lowest BCUT2D eigenvalue weighted by molar-refractivity contribution is -0.384. The molecule has 152 valence electrons. The second kappa shape index (κ2) is 8.42. The fourth-order valence-corrected chi connectivity index (χ4v) is 4.72. The van der Waals surface area contributed by atoms with Crippen LogP contribution in [0.25, 0.3) is 21.5 Å². The first kappa shape index (κ1) is 20.3. The van der Waals surface area contributed by atoms with Gasteiger partial charge in [-0.2, -0.15) is 0 Å². The number of nitro benzene ring substituents is 1. The van der Waals surface area contributed by atoms with Crippen LogP contribution in [-0.2, 0) is 11.8 Å². The van der Waals surface area contributed by atoms with Gasteiger partial charge in [0.1, 0.15) is 5.02 Å². The van der Waals surface area contributed by atoms with Crippen LogP contribution >= 0.6 is 34.7 Å². The van der Waals surface area contributed by atoms with Crippen molar-refractivity contribution >= 4 is 62.1 Å². The van der Waals surface area contributed by atoms with Gasteiger partial charge in [0, 0.05) is 39.8 Å². The average molecular weight is 460 g/mol. The highest BCUT2D eigenvalue weighted by Crippen LogP contribution is 2.34. The number of aromatic nitrogens is 3. The number of anilines is 1. The maximum atomic E-state index is 12.3. The van der Waals surface area contributed by atoms with E-state index in [1.54, 1.807) is 11.3 Å². The van der Waals surface area contributed by atoms with Crippen molar-refractivity contribution in [1.82, 2.24) is 14.8 Å². The highest BCUT2D eigenvalue weighted by atomic mass is 35.5. The Kier molecular flexibility index (Phi) is 5.71. The fraction of sp³-hybridized carbons (Fsp3) is 0.105. The molecule has 2 aromatic heterocycles. The van der Waals surface area contributed by atoms with E-state index in [9.17, 15) is 14.9 Å². The van der Waals surface area contributed by atoms with Gasteiger partial charge in [0.15, 0.2) is 11.0 Å². The number of amides is 1. The van der Waals surface area contributed by atoms with Crippen molar-refractivity contribution in [1.29, 1.82) is 0 Å². The number of hydrogen-bond donors (Lipinski definition) is 1. The number of thioether (sulfide) groups is 1. The lowest BCUT2D eigenvalue weighted by atomic mass is 10.2. The monoisotopic (exact) mass is 459 g/mol. The zero-order valence-corrected chi connectivity index (χ0v) is 17.9. The van der Waals surface area contributed by atoms with Crippen molar-refractivity contribution in [3.05, 3.63) is 63.0 Å². The zero-order chi connectivity index (χ0) is 21.3. The molecule has 0 fully saturated rings. The van der Waals surface area contributed by atoms with Gasteiger partial charge in [0.25, 0.3) is 5.69 Å². The third-order valence-electron chi connectivity index (χ3n) is 4.32. The van der Waals surface area contributed by atoms with Crippen LogP contribution in [0.1, 0.15) is 0 Å². The van der Waals surface area contributed by atoms with Gasteiger partial charge in [0.05, 0.1) is 10.7 Å². The number of hydrogen-bond acceptors (Lipinski definition) is 7. The van der Waals surface area contributed by atoms with Crippen molar-refractivity contribution in [3.63, 3.8) is 0 Å². The maximum Gasteiger partial charge on any atom is 0.289 e. The summed E-state index contributed by atoms with van der Waals surface area (Å²) in [6, 6.07) is 12.2. The summed E-state index contributed by atoms with van der Waals surface area (Å²) < 4.78 is 3.01. The Hall–Kier alpha value is -2.95. The Morgan fingerprint density at radius 1 is 1.30 bits per heavy atom. The van der Waals surface area contributed by atoms with E-state index >= 15 is 0 Å². The average Bonchev–Trinajstić information content (AvgIpc) is 3.31. The molecule has 1 N–H and O–H groups in total. The predicted molar refractivity (Wildman–Crippen MR) is 119 cm³/mol. The highest BCUT2D eigenvalue weighted by molar-refractivity contribution is 7.99. The molecule has 0 spiro atoms. The van der Waals surface area contributed by atoms with Crippen LogP contribution in [0.3, 0.4) is 0 Å². The minimum atomic E-state index is -0.595. The Bertz CT molecular complexity index is 1270. The maximum absolute atomic E-state index is 12.3. The summed E-state index contributed by atoms with van der Waals surface area (Å²) in [6.45, 7) is 0. The van der Waals surface area contributed by atoms with Gasteiger partial charge < -0.3 is 9.88 Å². The van der Waals surface area contributed by atoms with Crippen molar-refractivity contribution in [2.24, 2.45) is 7.05 Å². The number of benzene rings is 2. The molecule has 2 heterocycles. The van der Waals surface area contributed by atoms with E-state index in [2.05, 4.69) is 21.6 Å². The third kappa shape index (κ3) is 4.02. The Balaban J connectivity index is 1.45. The van der Waals surface area contributed by atoms with Crippen molar-refractivity contribution in [3.8, 4) is 11.4 Å². The number of fused-ring (bicyclic) bond motifs is 1. The lowest BCUT2D eigenvalue weighted by Gasteiger charge is -2.06. The van der Waals surface area contributed by atoms with E-state index in [1.807, 2.05) is 35.2 Å². The Morgan fingerprint density at radius 2 is 2.10 bits per heavy atom. The molecule has 8 nitrogen and oxygen atoms in total. The minimum absolute atomic E-state index is 0.0138. The van der Waals surface area contributed by atoms with Crippen LogP contribution in [0, 0.1) is 10.1 Å². The number of carbonyl (C=O) groups excluding carboxylic acids is 1. The first-order chi connectivity index (χ1) is 14.4. The number of nitrogens with one attached hydrogen (secondary N) is 1. The molecular weight excluding hydrogens is 446 g/mol. The van der Waals surface area contributed by atoms with E-state index in [4.69, 9.17) is 11.6 Å². The Labute approximate surface area is 184 Å². The summed E-state index contributed by atoms with van der Waals surface area (Å²) in [5.41, 5.74) is 1.04. The molecule has 30 heavy (non-hydrogen) atoms. The molecule has 2 aromatic carbocycles. The molecule has 0 saturated heterocycles. The van der Waals surface area contributed by atoms with Crippen molar-refractivity contribution in [2.45, 2.75) is 5.16 Å². The number of halogens is 1. The van der Waals surface area contributed by atoms with Gasteiger partial charge in [-0.05, 0) is 18.2 Å². The number of nitrogens with zero attached hydrogens (tertiary/aromatic N) is 4. The van der Waals surface area contributed by atoms with Crippen molar-refractivity contribution < 1.29 is 9.72 Å². The summed E-state index contributed by atoms with van der Waals surface area (Å²) in [7, 11) is 1.85. The first-order valence-electron chi connectivity index (χ1n) is 8.66. The van der Waals surface area contributed by atoms with E-state index in [1.165, 1.54) is 34.7 Å². The topological polar surface area (TPSA) is 103 Å². The number of nitro groups is 1. The molecule has 0 saturated carbocycles. The summed E-state index contributed by atoms with van der Waals surface area (Å²) in [5.74, 6) is 0.484. The zero-order valence-electron chi connectivity index (χ0n) is 15.5. The van der Waals surface area contributed by atoms with Gasteiger partial charge in [-0.3, -0.25) is 14.9 Å². The van der Waals surface area contributed by atoms with E-state index in [-0.39, 0.29) is 22.4 Å². The third-order valence-corrected chi connectivity index (χ3v) is 6.62. The predicted octanol–water partition coefficient (Wildman–Crippen LogP) is 4.99. The standard InChI is InChI=1S/C19H14ClN5O3S2/c1-24-18(13-9-29-16-5-3-2-4-12(13)16)22-23-19(24)30-10-17(26)21-11-6-7-14(20)15(8-11)25(27)28/h2-9H,10H2,1H3,(H,21,26). The summed E-state index contributed by atoms with van der Waals surface area (Å²) in [5, 5.41) is 25.9. The second-order valence-electron chi connectivity index (χ2n) is 6.27. The van der Waals surface area contributed by atoms with Crippen LogP contribution in [0.5, 0.6) is 0 Å². The molecular formula is C19H14ClN5O3S2. The van der Waals surface area contributed by atoms with Gasteiger partial charge >= 0.3 is 0 Å². The molecule has 0 atom stereocenters. The smallest absolute Gasteiger partial charge is 0.289 e. The molecule has 0 aliphatic rings. The summed E-state index contributed by atoms with van der Waals surface area (Å²) >= 11 is 8.66. The molecule has 4 rings (SSSR count). The molecule has 0 bridgehead atoms. The molecule has 4 aromatic rings. The van der Waals surface area contributed by atoms with Gasteiger partial charge in [-0.15, -0.1) is 21.5 Å². The quantitative estimate of drug-likeness (QED) is 0.247. The highest BCUT2D eigenvalue weighted by Gasteiger charge is 2.17. The Morgan fingerprint density at radius 3 is 2.90 bits per heavy atom. The van der Waals surface area contributed by atoms with Gasteiger partial charge in [-0.1, -0.05) is 41.6 Å². The van der Waals surface area contributed by atoms with Crippen LogP contribution < -0.4 is 5.32 Å². The molecule has 0 radical (unpaired) electrons. The van der Waals surface area contributed by atoms with E-state index < -0.39 is 4.92 Å². The van der Waals surface area contributed by atoms with E-state index in [0.717, 1.165) is 16.8 Å². The van der Waals surface area contributed by atoms with Gasteiger partial charge in [-0.25, -0.2) is 0 Å². The number of carbonyl (C=O) groups is 1. The largest absolute Gasteiger partial charge is 0.325 e. The number of thiophene rings is 1. The van der Waals surface area contributed by atoms with Gasteiger partial charge in [0.2, 0.25) is 5.91 Å². The minimum Gasteiger partial charge on any atom is -0.325 e. The van der Waals surface area contributed by atoms with Crippen LogP contribution in [-0.4, -0.2) is 31.3 Å².